The predicted octanol–water partition coefficient (Wildman–Crippen LogP) is 2.27. The first-order valence-electron chi connectivity index (χ1n) is 5.44. The summed E-state index contributed by atoms with van der Waals surface area (Å²) >= 11 is 0. The summed E-state index contributed by atoms with van der Waals surface area (Å²) in [6.45, 7) is 4.45. The van der Waals surface area contributed by atoms with E-state index in [4.69, 9.17) is 4.42 Å². The summed E-state index contributed by atoms with van der Waals surface area (Å²) in [5.41, 5.74) is 0.0621. The van der Waals surface area contributed by atoms with Gasteiger partial charge in [0.15, 0.2) is 0 Å². The third-order valence-corrected chi connectivity index (χ3v) is 3.48. The van der Waals surface area contributed by atoms with Crippen LogP contribution in [-0.2, 0) is 0 Å². The van der Waals surface area contributed by atoms with Gasteiger partial charge in [-0.1, -0.05) is 6.92 Å². The zero-order chi connectivity index (χ0) is 11.5. The summed E-state index contributed by atoms with van der Waals surface area (Å²) < 4.78 is 5.50. The minimum absolute atomic E-state index is 0.0621. The van der Waals surface area contributed by atoms with Crippen molar-refractivity contribution in [3.63, 3.8) is 0 Å². The SMILES string of the molecule is CCC(C)(C(NC)c1ccco1)N(C)C. The van der Waals surface area contributed by atoms with Gasteiger partial charge in [0.2, 0.25) is 0 Å². The van der Waals surface area contributed by atoms with E-state index in [1.807, 2.05) is 19.2 Å². The molecule has 0 aromatic carbocycles. The molecule has 1 heterocycles. The van der Waals surface area contributed by atoms with Crippen LogP contribution in [0.1, 0.15) is 32.1 Å². The Morgan fingerprint density at radius 3 is 2.53 bits per heavy atom. The smallest absolute Gasteiger partial charge is 0.122 e. The first-order valence-corrected chi connectivity index (χ1v) is 5.44. The van der Waals surface area contributed by atoms with Gasteiger partial charge in [-0.2, -0.15) is 0 Å². The van der Waals surface area contributed by atoms with Crippen molar-refractivity contribution in [2.75, 3.05) is 21.1 Å². The third-order valence-electron chi connectivity index (χ3n) is 3.48. The molecule has 0 saturated heterocycles. The fourth-order valence-electron chi connectivity index (χ4n) is 1.99. The van der Waals surface area contributed by atoms with Gasteiger partial charge < -0.3 is 14.6 Å². The van der Waals surface area contributed by atoms with Crippen LogP contribution in [0.4, 0.5) is 0 Å². The Labute approximate surface area is 92.5 Å². The van der Waals surface area contributed by atoms with Crippen molar-refractivity contribution >= 4 is 0 Å². The summed E-state index contributed by atoms with van der Waals surface area (Å²) in [5, 5.41) is 3.34. The molecule has 0 aliphatic carbocycles. The molecule has 3 heteroatoms. The van der Waals surface area contributed by atoms with E-state index in [9.17, 15) is 0 Å². The van der Waals surface area contributed by atoms with E-state index in [0.717, 1.165) is 12.2 Å². The summed E-state index contributed by atoms with van der Waals surface area (Å²) in [6.07, 6.45) is 2.79. The van der Waals surface area contributed by atoms with Crippen molar-refractivity contribution in [1.29, 1.82) is 0 Å². The molecular weight excluding hydrogens is 188 g/mol. The lowest BCUT2D eigenvalue weighted by molar-refractivity contribution is 0.105. The Bertz CT molecular complexity index is 282. The van der Waals surface area contributed by atoms with Crippen molar-refractivity contribution < 1.29 is 4.42 Å². The average Bonchev–Trinajstić information content (AvgIpc) is 2.71. The minimum atomic E-state index is 0.0621. The number of likely N-dealkylation sites (N-methyl/N-ethyl adjacent to an activating group) is 2. The van der Waals surface area contributed by atoms with Crippen molar-refractivity contribution in [1.82, 2.24) is 10.2 Å². The van der Waals surface area contributed by atoms with E-state index in [-0.39, 0.29) is 11.6 Å². The normalized spacial score (nSPS) is 17.7. The van der Waals surface area contributed by atoms with E-state index in [0.29, 0.717) is 0 Å². The highest BCUT2D eigenvalue weighted by atomic mass is 16.3. The molecule has 0 radical (unpaired) electrons. The molecule has 1 aromatic heterocycles. The van der Waals surface area contributed by atoms with Crippen molar-refractivity contribution in [3.8, 4) is 0 Å². The molecule has 1 rings (SSSR count). The van der Waals surface area contributed by atoms with Crippen LogP contribution in [0.5, 0.6) is 0 Å². The maximum Gasteiger partial charge on any atom is 0.122 e. The van der Waals surface area contributed by atoms with Gasteiger partial charge in [0.25, 0.3) is 0 Å². The molecule has 0 fully saturated rings. The van der Waals surface area contributed by atoms with Gasteiger partial charge in [0.05, 0.1) is 12.3 Å². The topological polar surface area (TPSA) is 28.4 Å². The maximum atomic E-state index is 5.50. The van der Waals surface area contributed by atoms with Crippen LogP contribution < -0.4 is 5.32 Å². The summed E-state index contributed by atoms with van der Waals surface area (Å²) in [4.78, 5) is 2.25. The highest BCUT2D eigenvalue weighted by molar-refractivity contribution is 5.11. The van der Waals surface area contributed by atoms with Gasteiger partial charge in [0, 0.05) is 5.54 Å². The Morgan fingerprint density at radius 1 is 1.53 bits per heavy atom. The molecule has 3 nitrogen and oxygen atoms in total. The average molecular weight is 210 g/mol. The lowest BCUT2D eigenvalue weighted by atomic mass is 9.86. The van der Waals surface area contributed by atoms with Crippen LogP contribution in [0, 0.1) is 0 Å². The third kappa shape index (κ3) is 2.24. The Kier molecular flexibility index (Phi) is 3.94. The molecule has 2 unspecified atom stereocenters. The molecule has 0 amide bonds. The number of rotatable bonds is 5. The summed E-state index contributed by atoms with van der Waals surface area (Å²) in [6, 6.07) is 4.18. The Hall–Kier alpha value is -0.800. The zero-order valence-corrected chi connectivity index (χ0v) is 10.4. The van der Waals surface area contributed by atoms with Crippen LogP contribution in [0.2, 0.25) is 0 Å². The zero-order valence-electron chi connectivity index (χ0n) is 10.4. The highest BCUT2D eigenvalue weighted by Gasteiger charge is 2.36. The molecule has 0 spiro atoms. The number of hydrogen-bond donors (Lipinski definition) is 1. The van der Waals surface area contributed by atoms with Crippen LogP contribution in [0.15, 0.2) is 22.8 Å². The second-order valence-corrected chi connectivity index (χ2v) is 4.34. The van der Waals surface area contributed by atoms with Crippen molar-refractivity contribution in [2.45, 2.75) is 31.8 Å². The number of furan rings is 1. The second-order valence-electron chi connectivity index (χ2n) is 4.34. The molecule has 1 N–H and O–H groups in total. The van der Waals surface area contributed by atoms with Crippen molar-refractivity contribution in [2.24, 2.45) is 0 Å². The molecule has 1 aromatic rings. The first kappa shape index (κ1) is 12.3. The van der Waals surface area contributed by atoms with Gasteiger partial charge in [-0.25, -0.2) is 0 Å². The molecule has 0 saturated carbocycles. The quantitative estimate of drug-likeness (QED) is 0.808. The van der Waals surface area contributed by atoms with Gasteiger partial charge in [-0.3, -0.25) is 0 Å². The second kappa shape index (κ2) is 4.81. The standard InChI is InChI=1S/C12H22N2O/c1-6-12(2,14(4)5)11(13-3)10-8-7-9-15-10/h7-9,11,13H,6H2,1-5H3. The molecule has 0 aliphatic heterocycles. The fraction of sp³-hybridized carbons (Fsp3) is 0.667. The van der Waals surface area contributed by atoms with E-state index >= 15 is 0 Å². The minimum Gasteiger partial charge on any atom is -0.468 e. The molecule has 86 valence electrons. The Balaban J connectivity index is 2.99. The van der Waals surface area contributed by atoms with E-state index in [2.05, 4.69) is 38.2 Å². The molecule has 2 atom stereocenters. The molecule has 0 aliphatic rings. The lowest BCUT2D eigenvalue weighted by Gasteiger charge is -2.41. The van der Waals surface area contributed by atoms with E-state index in [1.165, 1.54) is 0 Å². The molecule has 0 bridgehead atoms. The van der Waals surface area contributed by atoms with Gasteiger partial charge >= 0.3 is 0 Å². The number of nitrogens with one attached hydrogen (secondary N) is 1. The van der Waals surface area contributed by atoms with Crippen LogP contribution in [0.25, 0.3) is 0 Å². The largest absolute Gasteiger partial charge is 0.468 e. The van der Waals surface area contributed by atoms with Gasteiger partial charge in [0.1, 0.15) is 5.76 Å². The molecule has 15 heavy (non-hydrogen) atoms. The number of nitrogens with zero attached hydrogens (tertiary/aromatic N) is 1. The van der Waals surface area contributed by atoms with Gasteiger partial charge in [-0.05, 0) is 46.6 Å². The van der Waals surface area contributed by atoms with Crippen LogP contribution in [0.3, 0.4) is 0 Å². The van der Waals surface area contributed by atoms with E-state index < -0.39 is 0 Å². The van der Waals surface area contributed by atoms with Gasteiger partial charge in [-0.15, -0.1) is 0 Å². The molecular formula is C12H22N2O. The van der Waals surface area contributed by atoms with Crippen LogP contribution in [-0.4, -0.2) is 31.6 Å². The predicted molar refractivity (Wildman–Crippen MR) is 62.9 cm³/mol. The highest BCUT2D eigenvalue weighted by Crippen LogP contribution is 2.32. The lowest BCUT2D eigenvalue weighted by Crippen LogP contribution is -2.50. The first-order chi connectivity index (χ1) is 7.06. The Morgan fingerprint density at radius 2 is 2.20 bits per heavy atom. The monoisotopic (exact) mass is 210 g/mol. The van der Waals surface area contributed by atoms with Crippen LogP contribution >= 0.6 is 0 Å². The maximum absolute atomic E-state index is 5.50. The van der Waals surface area contributed by atoms with E-state index in [1.54, 1.807) is 6.26 Å². The summed E-state index contributed by atoms with van der Waals surface area (Å²) in [5.74, 6) is 0.996. The number of hydrogen-bond acceptors (Lipinski definition) is 3. The summed E-state index contributed by atoms with van der Waals surface area (Å²) in [7, 11) is 6.19. The fourth-order valence-corrected chi connectivity index (χ4v) is 1.99. The van der Waals surface area contributed by atoms with Crippen molar-refractivity contribution in [3.05, 3.63) is 24.2 Å².